The first-order chi connectivity index (χ1) is 8.28. The highest BCUT2D eigenvalue weighted by Crippen LogP contribution is 2.13. The van der Waals surface area contributed by atoms with Crippen molar-refractivity contribution in [2.45, 2.75) is 25.3 Å². The van der Waals surface area contributed by atoms with Crippen LogP contribution in [0.2, 0.25) is 0 Å². The van der Waals surface area contributed by atoms with Crippen molar-refractivity contribution in [2.75, 3.05) is 26.7 Å². The summed E-state index contributed by atoms with van der Waals surface area (Å²) in [7, 11) is 1.70. The Balaban J connectivity index is 1.70. The Morgan fingerprint density at radius 3 is 2.71 bits per heavy atom. The van der Waals surface area contributed by atoms with Gasteiger partial charge in [0.25, 0.3) is 0 Å². The molecule has 1 aromatic carbocycles. The third-order valence-electron chi connectivity index (χ3n) is 3.41. The van der Waals surface area contributed by atoms with Gasteiger partial charge in [-0.25, -0.2) is 0 Å². The largest absolute Gasteiger partial charge is 0.497 e. The fourth-order valence-corrected chi connectivity index (χ4v) is 2.36. The Hall–Kier alpha value is -1.06. The van der Waals surface area contributed by atoms with E-state index >= 15 is 0 Å². The van der Waals surface area contributed by atoms with Gasteiger partial charge in [-0.15, -0.1) is 0 Å². The van der Waals surface area contributed by atoms with E-state index in [1.807, 2.05) is 12.1 Å². The second-order valence-corrected chi connectivity index (χ2v) is 4.80. The van der Waals surface area contributed by atoms with E-state index in [4.69, 9.17) is 10.5 Å². The molecule has 2 rings (SSSR count). The van der Waals surface area contributed by atoms with Crippen molar-refractivity contribution in [3.05, 3.63) is 29.8 Å². The summed E-state index contributed by atoms with van der Waals surface area (Å²) in [5.74, 6) is 0.930. The lowest BCUT2D eigenvalue weighted by atomic mass is 10.1. The summed E-state index contributed by atoms with van der Waals surface area (Å²) in [6, 6.07) is 8.75. The number of hydrogen-bond donors (Lipinski definition) is 1. The van der Waals surface area contributed by atoms with Gasteiger partial charge >= 0.3 is 0 Å². The van der Waals surface area contributed by atoms with E-state index in [2.05, 4.69) is 17.0 Å². The molecule has 0 saturated carbocycles. The van der Waals surface area contributed by atoms with E-state index in [1.165, 1.54) is 25.1 Å². The van der Waals surface area contributed by atoms with Gasteiger partial charge in [0.05, 0.1) is 7.11 Å². The summed E-state index contributed by atoms with van der Waals surface area (Å²) >= 11 is 0. The van der Waals surface area contributed by atoms with Gasteiger partial charge in [-0.3, -0.25) is 0 Å². The lowest BCUT2D eigenvalue weighted by Gasteiger charge is -2.14. The quantitative estimate of drug-likeness (QED) is 0.842. The molecule has 0 aromatic heterocycles. The van der Waals surface area contributed by atoms with Crippen LogP contribution in [-0.4, -0.2) is 37.7 Å². The van der Waals surface area contributed by atoms with Crippen LogP contribution in [0.1, 0.15) is 18.4 Å². The molecule has 94 valence electrons. The standard InChI is InChI=1S/C14H22N2O/c1-17-14-6-4-12(5-7-14)3-2-9-16-10-8-13(15)11-16/h4-7,13H,2-3,8-11,15H2,1H3. The number of methoxy groups -OCH3 is 1. The van der Waals surface area contributed by atoms with Gasteiger partial charge in [0.1, 0.15) is 5.75 Å². The number of rotatable bonds is 5. The van der Waals surface area contributed by atoms with Crippen LogP contribution in [0, 0.1) is 0 Å². The van der Waals surface area contributed by atoms with Crippen LogP contribution < -0.4 is 10.5 Å². The maximum atomic E-state index is 5.88. The number of nitrogens with zero attached hydrogens (tertiary/aromatic N) is 1. The van der Waals surface area contributed by atoms with Crippen LogP contribution in [0.25, 0.3) is 0 Å². The monoisotopic (exact) mass is 234 g/mol. The molecule has 1 heterocycles. The molecule has 1 aliphatic rings. The van der Waals surface area contributed by atoms with Crippen LogP contribution in [-0.2, 0) is 6.42 Å². The summed E-state index contributed by atoms with van der Waals surface area (Å²) in [5, 5.41) is 0. The van der Waals surface area contributed by atoms with E-state index in [0.717, 1.165) is 25.1 Å². The Morgan fingerprint density at radius 2 is 2.12 bits per heavy atom. The van der Waals surface area contributed by atoms with Crippen LogP contribution in [0.15, 0.2) is 24.3 Å². The minimum atomic E-state index is 0.399. The molecule has 1 fully saturated rings. The maximum Gasteiger partial charge on any atom is 0.118 e. The summed E-state index contributed by atoms with van der Waals surface area (Å²) in [5.41, 5.74) is 7.27. The van der Waals surface area contributed by atoms with Gasteiger partial charge in [-0.05, 0) is 50.0 Å². The highest BCUT2D eigenvalue weighted by Gasteiger charge is 2.17. The zero-order valence-electron chi connectivity index (χ0n) is 10.6. The van der Waals surface area contributed by atoms with Crippen molar-refractivity contribution in [3.63, 3.8) is 0 Å². The maximum absolute atomic E-state index is 5.88. The van der Waals surface area contributed by atoms with E-state index in [0.29, 0.717) is 6.04 Å². The predicted octanol–water partition coefficient (Wildman–Crippen LogP) is 1.66. The van der Waals surface area contributed by atoms with Gasteiger partial charge < -0.3 is 15.4 Å². The summed E-state index contributed by atoms with van der Waals surface area (Å²) in [6.07, 6.45) is 3.50. The highest BCUT2D eigenvalue weighted by atomic mass is 16.5. The Kier molecular flexibility index (Phi) is 4.40. The van der Waals surface area contributed by atoms with Gasteiger partial charge in [0, 0.05) is 12.6 Å². The summed E-state index contributed by atoms with van der Waals surface area (Å²) in [6.45, 7) is 3.41. The van der Waals surface area contributed by atoms with Gasteiger partial charge in [0.15, 0.2) is 0 Å². The Labute approximate surface area is 104 Å². The molecule has 3 nitrogen and oxygen atoms in total. The fourth-order valence-electron chi connectivity index (χ4n) is 2.36. The molecule has 0 radical (unpaired) electrons. The number of likely N-dealkylation sites (tertiary alicyclic amines) is 1. The number of nitrogens with two attached hydrogens (primary N) is 1. The average Bonchev–Trinajstić information content (AvgIpc) is 2.76. The SMILES string of the molecule is COc1ccc(CCCN2CCC(N)C2)cc1. The predicted molar refractivity (Wildman–Crippen MR) is 70.3 cm³/mol. The molecule has 0 bridgehead atoms. The van der Waals surface area contributed by atoms with E-state index in [9.17, 15) is 0 Å². The molecule has 0 amide bonds. The van der Waals surface area contributed by atoms with Crippen molar-refractivity contribution < 1.29 is 4.74 Å². The third-order valence-corrected chi connectivity index (χ3v) is 3.41. The lowest BCUT2D eigenvalue weighted by Crippen LogP contribution is -2.27. The van der Waals surface area contributed by atoms with E-state index < -0.39 is 0 Å². The molecule has 3 heteroatoms. The molecular weight excluding hydrogens is 212 g/mol. The molecule has 1 atom stereocenters. The number of hydrogen-bond acceptors (Lipinski definition) is 3. The zero-order valence-corrected chi connectivity index (χ0v) is 10.6. The second kappa shape index (κ2) is 6.03. The van der Waals surface area contributed by atoms with E-state index in [-0.39, 0.29) is 0 Å². The smallest absolute Gasteiger partial charge is 0.118 e. The normalized spacial score (nSPS) is 20.7. The topological polar surface area (TPSA) is 38.5 Å². The molecule has 1 saturated heterocycles. The highest BCUT2D eigenvalue weighted by molar-refractivity contribution is 5.27. The minimum absolute atomic E-state index is 0.399. The molecule has 1 unspecified atom stereocenters. The lowest BCUT2D eigenvalue weighted by molar-refractivity contribution is 0.329. The average molecular weight is 234 g/mol. The minimum Gasteiger partial charge on any atom is -0.497 e. The molecule has 17 heavy (non-hydrogen) atoms. The van der Waals surface area contributed by atoms with Crippen molar-refractivity contribution in [1.82, 2.24) is 4.90 Å². The van der Waals surface area contributed by atoms with Crippen LogP contribution in [0.3, 0.4) is 0 Å². The molecular formula is C14H22N2O. The summed E-state index contributed by atoms with van der Waals surface area (Å²) in [4.78, 5) is 2.47. The first-order valence-electron chi connectivity index (χ1n) is 6.39. The number of ether oxygens (including phenoxy) is 1. The number of benzene rings is 1. The van der Waals surface area contributed by atoms with Crippen LogP contribution >= 0.6 is 0 Å². The fraction of sp³-hybridized carbons (Fsp3) is 0.571. The van der Waals surface area contributed by atoms with Crippen molar-refractivity contribution >= 4 is 0 Å². The molecule has 2 N–H and O–H groups in total. The Bertz CT molecular complexity index is 337. The van der Waals surface area contributed by atoms with Gasteiger partial charge in [-0.1, -0.05) is 12.1 Å². The van der Waals surface area contributed by atoms with Gasteiger partial charge in [0.2, 0.25) is 0 Å². The molecule has 0 spiro atoms. The number of aryl methyl sites for hydroxylation is 1. The first kappa shape index (κ1) is 12.4. The molecule has 0 aliphatic carbocycles. The third kappa shape index (κ3) is 3.72. The molecule has 1 aromatic rings. The summed E-state index contributed by atoms with van der Waals surface area (Å²) < 4.78 is 5.14. The van der Waals surface area contributed by atoms with Crippen LogP contribution in [0.5, 0.6) is 5.75 Å². The van der Waals surface area contributed by atoms with Crippen molar-refractivity contribution in [3.8, 4) is 5.75 Å². The van der Waals surface area contributed by atoms with Gasteiger partial charge in [-0.2, -0.15) is 0 Å². The first-order valence-corrected chi connectivity index (χ1v) is 6.39. The van der Waals surface area contributed by atoms with Crippen molar-refractivity contribution in [1.29, 1.82) is 0 Å². The second-order valence-electron chi connectivity index (χ2n) is 4.80. The van der Waals surface area contributed by atoms with E-state index in [1.54, 1.807) is 7.11 Å². The van der Waals surface area contributed by atoms with Crippen LogP contribution in [0.4, 0.5) is 0 Å². The molecule has 1 aliphatic heterocycles. The zero-order chi connectivity index (χ0) is 12.1. The Morgan fingerprint density at radius 1 is 1.35 bits per heavy atom. The van der Waals surface area contributed by atoms with Crippen molar-refractivity contribution in [2.24, 2.45) is 5.73 Å².